The molecule has 2 aromatic heterocycles. The van der Waals surface area contributed by atoms with Gasteiger partial charge in [0.25, 0.3) is 5.91 Å². The second-order valence-electron chi connectivity index (χ2n) is 2.94. The second kappa shape index (κ2) is 3.73. The van der Waals surface area contributed by atoms with Gasteiger partial charge in [-0.15, -0.1) is 0 Å². The summed E-state index contributed by atoms with van der Waals surface area (Å²) in [6.45, 7) is 0. The Hall–Kier alpha value is -1.66. The highest BCUT2D eigenvalue weighted by molar-refractivity contribution is 6.33. The molecule has 0 saturated carbocycles. The fraction of sp³-hybridized carbons (Fsp3) is 0. The molecule has 0 saturated heterocycles. The normalized spacial score (nSPS) is 10.6. The van der Waals surface area contributed by atoms with Gasteiger partial charge in [0.2, 0.25) is 5.28 Å². The number of nitrogens with two attached hydrogens (primary N) is 2. The van der Waals surface area contributed by atoms with E-state index in [1.807, 2.05) is 0 Å². The summed E-state index contributed by atoms with van der Waals surface area (Å²) in [5.41, 5.74) is 11.0. The molecule has 2 heterocycles. The van der Waals surface area contributed by atoms with Crippen LogP contribution in [0.3, 0.4) is 0 Å². The van der Waals surface area contributed by atoms with Gasteiger partial charge in [-0.1, -0.05) is 11.6 Å². The summed E-state index contributed by atoms with van der Waals surface area (Å²) >= 11 is 11.3. The van der Waals surface area contributed by atoms with Crippen LogP contribution in [0.5, 0.6) is 0 Å². The topological polar surface area (TPSA) is 108 Å². The van der Waals surface area contributed by atoms with Crippen molar-refractivity contribution in [2.45, 2.75) is 0 Å². The van der Waals surface area contributed by atoms with Crippen LogP contribution < -0.4 is 11.5 Å². The fourth-order valence-electron chi connectivity index (χ4n) is 1.20. The Bertz CT molecular complexity index is 600. The van der Waals surface area contributed by atoms with E-state index in [1.165, 1.54) is 6.07 Å². The van der Waals surface area contributed by atoms with Gasteiger partial charge in [-0.3, -0.25) is 4.79 Å². The van der Waals surface area contributed by atoms with Crippen molar-refractivity contribution < 1.29 is 4.79 Å². The van der Waals surface area contributed by atoms with E-state index in [4.69, 9.17) is 34.7 Å². The first-order valence-corrected chi connectivity index (χ1v) is 4.83. The van der Waals surface area contributed by atoms with Crippen molar-refractivity contribution in [3.05, 3.63) is 22.1 Å². The number of halogens is 2. The first kappa shape index (κ1) is 10.8. The first-order valence-electron chi connectivity index (χ1n) is 4.08. The van der Waals surface area contributed by atoms with Crippen LogP contribution in [0, 0.1) is 0 Å². The first-order chi connectivity index (χ1) is 7.49. The third-order valence-electron chi connectivity index (χ3n) is 1.91. The summed E-state index contributed by atoms with van der Waals surface area (Å²) in [7, 11) is 0. The minimum atomic E-state index is -0.700. The molecule has 16 heavy (non-hydrogen) atoms. The number of anilines is 1. The Kier molecular flexibility index (Phi) is 2.53. The quantitative estimate of drug-likeness (QED) is 0.586. The molecule has 6 nitrogen and oxygen atoms in total. The highest BCUT2D eigenvalue weighted by Gasteiger charge is 2.13. The zero-order chi connectivity index (χ0) is 11.9. The molecule has 2 rings (SSSR count). The lowest BCUT2D eigenvalue weighted by atomic mass is 10.2. The van der Waals surface area contributed by atoms with E-state index in [0.717, 1.165) is 0 Å². The summed E-state index contributed by atoms with van der Waals surface area (Å²) in [6.07, 6.45) is 0. The highest BCUT2D eigenvalue weighted by atomic mass is 35.5. The second-order valence-corrected chi connectivity index (χ2v) is 3.64. The summed E-state index contributed by atoms with van der Waals surface area (Å²) in [4.78, 5) is 22.5. The van der Waals surface area contributed by atoms with E-state index in [-0.39, 0.29) is 27.5 Å². The van der Waals surface area contributed by atoms with Gasteiger partial charge in [0.05, 0.1) is 10.9 Å². The third-order valence-corrected chi connectivity index (χ3v) is 2.37. The number of fused-ring (bicyclic) bond motifs is 1. The van der Waals surface area contributed by atoms with Gasteiger partial charge >= 0.3 is 0 Å². The SMILES string of the molecule is NC(=O)c1cc2c(N)nc(Cl)nc2nc1Cl. The number of hydrogen-bond acceptors (Lipinski definition) is 5. The Labute approximate surface area is 99.6 Å². The van der Waals surface area contributed by atoms with Crippen LogP contribution >= 0.6 is 23.2 Å². The van der Waals surface area contributed by atoms with Crippen LogP contribution in [-0.2, 0) is 0 Å². The minimum absolute atomic E-state index is 0.0413. The molecule has 2 aromatic rings. The number of pyridine rings is 1. The van der Waals surface area contributed by atoms with Crippen molar-refractivity contribution in [2.24, 2.45) is 5.73 Å². The summed E-state index contributed by atoms with van der Waals surface area (Å²) in [5.74, 6) is -0.588. The predicted molar refractivity (Wildman–Crippen MR) is 60.3 cm³/mol. The molecule has 1 amide bonds. The zero-order valence-corrected chi connectivity index (χ0v) is 9.25. The van der Waals surface area contributed by atoms with E-state index in [2.05, 4.69) is 15.0 Å². The molecule has 0 radical (unpaired) electrons. The van der Waals surface area contributed by atoms with Gasteiger partial charge in [-0.2, -0.15) is 4.98 Å². The minimum Gasteiger partial charge on any atom is -0.383 e. The maximum atomic E-state index is 11.0. The van der Waals surface area contributed by atoms with Gasteiger partial charge in [0, 0.05) is 0 Å². The molecule has 0 spiro atoms. The van der Waals surface area contributed by atoms with E-state index in [1.54, 1.807) is 0 Å². The molecule has 0 unspecified atom stereocenters. The standard InChI is InChI=1S/C8H5Cl2N5O/c9-4-2(6(12)16)1-3-5(11)14-8(10)15-7(3)13-4/h1H,(H2,12,16)(H2,11,13,14,15). The zero-order valence-electron chi connectivity index (χ0n) is 7.74. The fourth-order valence-corrected chi connectivity index (χ4v) is 1.60. The molecule has 4 N–H and O–H groups in total. The van der Waals surface area contributed by atoms with Gasteiger partial charge in [-0.05, 0) is 17.7 Å². The average Bonchev–Trinajstić information content (AvgIpc) is 2.15. The molecule has 0 aliphatic rings. The summed E-state index contributed by atoms with van der Waals surface area (Å²) in [6, 6.07) is 1.39. The van der Waals surface area contributed by atoms with E-state index in [9.17, 15) is 4.79 Å². The number of carbonyl (C=O) groups is 1. The number of nitrogen functional groups attached to an aromatic ring is 1. The largest absolute Gasteiger partial charge is 0.383 e. The van der Waals surface area contributed by atoms with Crippen molar-refractivity contribution >= 4 is 46.0 Å². The number of primary amides is 1. The van der Waals surface area contributed by atoms with Crippen LogP contribution in [0.4, 0.5) is 5.82 Å². The Balaban J connectivity index is 2.84. The monoisotopic (exact) mass is 257 g/mol. The summed E-state index contributed by atoms with van der Waals surface area (Å²) < 4.78 is 0. The highest BCUT2D eigenvalue weighted by Crippen LogP contribution is 2.23. The van der Waals surface area contributed by atoms with Gasteiger partial charge in [-0.25, -0.2) is 9.97 Å². The van der Waals surface area contributed by atoms with Gasteiger partial charge in [0.15, 0.2) is 5.65 Å². The lowest BCUT2D eigenvalue weighted by Gasteiger charge is -2.04. The Morgan fingerprint density at radius 2 is 1.94 bits per heavy atom. The maximum Gasteiger partial charge on any atom is 0.251 e. The molecule has 0 atom stereocenters. The van der Waals surface area contributed by atoms with Crippen LogP contribution in [-0.4, -0.2) is 20.9 Å². The maximum absolute atomic E-state index is 11.0. The van der Waals surface area contributed by atoms with E-state index >= 15 is 0 Å². The van der Waals surface area contributed by atoms with Crippen molar-refractivity contribution in [1.82, 2.24) is 15.0 Å². The number of aromatic nitrogens is 3. The third kappa shape index (κ3) is 1.72. The Morgan fingerprint density at radius 3 is 2.56 bits per heavy atom. The van der Waals surface area contributed by atoms with Crippen LogP contribution in [0.2, 0.25) is 10.4 Å². The lowest BCUT2D eigenvalue weighted by molar-refractivity contribution is 0.100. The number of nitrogens with zero attached hydrogens (tertiary/aromatic N) is 3. The molecular weight excluding hydrogens is 253 g/mol. The number of hydrogen-bond donors (Lipinski definition) is 2. The van der Waals surface area contributed by atoms with Gasteiger partial charge in [0.1, 0.15) is 11.0 Å². The summed E-state index contributed by atoms with van der Waals surface area (Å²) in [5, 5.41) is 0.289. The molecule has 82 valence electrons. The van der Waals surface area contributed by atoms with Gasteiger partial charge < -0.3 is 11.5 Å². The van der Waals surface area contributed by atoms with E-state index in [0.29, 0.717) is 5.39 Å². The van der Waals surface area contributed by atoms with Crippen LogP contribution in [0.1, 0.15) is 10.4 Å². The Morgan fingerprint density at radius 1 is 1.25 bits per heavy atom. The molecule has 0 aliphatic heterocycles. The molecule has 0 fully saturated rings. The molecule has 0 aromatic carbocycles. The number of rotatable bonds is 1. The van der Waals surface area contributed by atoms with Crippen molar-refractivity contribution in [1.29, 1.82) is 0 Å². The van der Waals surface area contributed by atoms with Crippen LogP contribution in [0.25, 0.3) is 11.0 Å². The average molecular weight is 258 g/mol. The molecule has 8 heteroatoms. The molecule has 0 bridgehead atoms. The number of amides is 1. The molecular formula is C8H5Cl2N5O. The van der Waals surface area contributed by atoms with Crippen molar-refractivity contribution in [3.63, 3.8) is 0 Å². The van der Waals surface area contributed by atoms with Crippen molar-refractivity contribution in [3.8, 4) is 0 Å². The lowest BCUT2D eigenvalue weighted by Crippen LogP contribution is -2.12. The number of carbonyl (C=O) groups excluding carboxylic acids is 1. The van der Waals surface area contributed by atoms with Crippen LogP contribution in [0.15, 0.2) is 6.07 Å². The smallest absolute Gasteiger partial charge is 0.251 e. The van der Waals surface area contributed by atoms with Crippen molar-refractivity contribution in [2.75, 3.05) is 5.73 Å². The van der Waals surface area contributed by atoms with E-state index < -0.39 is 5.91 Å². The molecule has 0 aliphatic carbocycles. The predicted octanol–water partition coefficient (Wildman–Crippen LogP) is 1.01.